The number of unbranched alkanes of at least 4 members (excludes halogenated alkanes) is 4. The van der Waals surface area contributed by atoms with Crippen molar-refractivity contribution in [2.75, 3.05) is 38.4 Å². The Bertz CT molecular complexity index is 258. The maximum absolute atomic E-state index is 5.76. The van der Waals surface area contributed by atoms with Gasteiger partial charge in [-0.05, 0) is 62.9 Å². The predicted octanol–water partition coefficient (Wildman–Crippen LogP) is 5.39. The van der Waals surface area contributed by atoms with Gasteiger partial charge in [0.1, 0.15) is 0 Å². The third-order valence-electron chi connectivity index (χ3n) is 4.40. The zero-order chi connectivity index (χ0) is 18.0. The lowest BCUT2D eigenvalue weighted by Gasteiger charge is -2.22. The van der Waals surface area contributed by atoms with Gasteiger partial charge in [-0.2, -0.15) is 11.8 Å². The van der Waals surface area contributed by atoms with Crippen molar-refractivity contribution in [1.29, 1.82) is 0 Å². The first-order valence-corrected chi connectivity index (χ1v) is 11.5. The molecule has 0 aromatic heterocycles. The summed E-state index contributed by atoms with van der Waals surface area (Å²) < 4.78 is 22.3. The van der Waals surface area contributed by atoms with E-state index in [1.54, 1.807) is 7.11 Å². The number of thioether (sulfide) groups is 1. The summed E-state index contributed by atoms with van der Waals surface area (Å²) in [5.41, 5.74) is 0. The van der Waals surface area contributed by atoms with E-state index >= 15 is 0 Å². The summed E-state index contributed by atoms with van der Waals surface area (Å²) in [5.74, 6) is 2.55. The normalized spacial score (nSPS) is 19.2. The van der Waals surface area contributed by atoms with Crippen molar-refractivity contribution in [1.82, 2.24) is 0 Å². The van der Waals surface area contributed by atoms with E-state index in [1.807, 2.05) is 0 Å². The molecule has 2 unspecified atom stereocenters. The smallest absolute Gasteiger partial charge is 0.157 e. The summed E-state index contributed by atoms with van der Waals surface area (Å²) >= 11 is 2.09. The van der Waals surface area contributed by atoms with Crippen LogP contribution < -0.4 is 0 Å². The van der Waals surface area contributed by atoms with Crippen molar-refractivity contribution in [3.8, 4) is 0 Å². The zero-order valence-corrected chi connectivity index (χ0v) is 17.3. The molecule has 0 spiro atoms. The van der Waals surface area contributed by atoms with E-state index in [-0.39, 0.29) is 12.6 Å². The summed E-state index contributed by atoms with van der Waals surface area (Å²) in [4.78, 5) is 0. The molecular weight excluding hydrogens is 336 g/mol. The fourth-order valence-electron chi connectivity index (χ4n) is 2.85. The second-order valence-corrected chi connectivity index (χ2v) is 7.95. The van der Waals surface area contributed by atoms with Crippen LogP contribution in [-0.4, -0.2) is 51.0 Å². The lowest BCUT2D eigenvalue weighted by atomic mass is 10.2. The molecule has 1 aliphatic rings. The van der Waals surface area contributed by atoms with Gasteiger partial charge in [0.05, 0.1) is 0 Å². The average Bonchev–Trinajstić information content (AvgIpc) is 2.65. The fourth-order valence-corrected chi connectivity index (χ4v) is 3.87. The Morgan fingerprint density at radius 1 is 1.00 bits per heavy atom. The molecule has 0 N–H and O–H groups in total. The number of ether oxygens (including phenoxy) is 4. The molecule has 4 nitrogen and oxygen atoms in total. The van der Waals surface area contributed by atoms with Gasteiger partial charge in [0, 0.05) is 26.9 Å². The molecule has 1 saturated heterocycles. The van der Waals surface area contributed by atoms with Crippen LogP contribution in [0.3, 0.4) is 0 Å². The quantitative estimate of drug-likeness (QED) is 0.251. The van der Waals surface area contributed by atoms with Crippen LogP contribution in [0.2, 0.25) is 0 Å². The van der Waals surface area contributed by atoms with Gasteiger partial charge in [-0.25, -0.2) is 0 Å². The minimum Gasteiger partial charge on any atom is -0.356 e. The predicted molar refractivity (Wildman–Crippen MR) is 106 cm³/mol. The van der Waals surface area contributed by atoms with Gasteiger partial charge < -0.3 is 18.9 Å². The molecule has 1 aliphatic heterocycles. The van der Waals surface area contributed by atoms with Crippen LogP contribution in [0.5, 0.6) is 0 Å². The van der Waals surface area contributed by atoms with Gasteiger partial charge in [-0.3, -0.25) is 0 Å². The van der Waals surface area contributed by atoms with E-state index in [9.17, 15) is 0 Å². The lowest BCUT2D eigenvalue weighted by molar-refractivity contribution is -0.162. The molecule has 5 heteroatoms. The summed E-state index contributed by atoms with van der Waals surface area (Å²) in [5, 5.41) is 0. The van der Waals surface area contributed by atoms with Crippen LogP contribution >= 0.6 is 11.8 Å². The highest BCUT2D eigenvalue weighted by Gasteiger charge is 2.13. The maximum Gasteiger partial charge on any atom is 0.157 e. The standard InChI is InChI=1S/C20H40O4S/c1-3-12-19(21-2)22-14-7-4-10-17-25-18-11-5-8-15-23-20-13-6-9-16-24-20/h19-20H,3-18H2,1-2H3. The minimum absolute atomic E-state index is 0.00645. The molecule has 1 heterocycles. The van der Waals surface area contributed by atoms with Gasteiger partial charge in [0.15, 0.2) is 12.6 Å². The first-order chi connectivity index (χ1) is 12.4. The summed E-state index contributed by atoms with van der Waals surface area (Å²) in [6.07, 6.45) is 13.1. The Labute approximate surface area is 159 Å². The second kappa shape index (κ2) is 17.6. The number of methoxy groups -OCH3 is 1. The third kappa shape index (κ3) is 14.0. The van der Waals surface area contributed by atoms with E-state index < -0.39 is 0 Å². The molecule has 1 rings (SSSR count). The van der Waals surface area contributed by atoms with E-state index in [0.29, 0.717) is 0 Å². The molecule has 1 fully saturated rings. The van der Waals surface area contributed by atoms with Crippen molar-refractivity contribution in [3.05, 3.63) is 0 Å². The topological polar surface area (TPSA) is 36.9 Å². The molecule has 0 aliphatic carbocycles. The highest BCUT2D eigenvalue weighted by Crippen LogP contribution is 2.15. The lowest BCUT2D eigenvalue weighted by Crippen LogP contribution is -2.22. The van der Waals surface area contributed by atoms with Crippen LogP contribution in [0.15, 0.2) is 0 Å². The second-order valence-electron chi connectivity index (χ2n) is 6.73. The Morgan fingerprint density at radius 2 is 1.76 bits per heavy atom. The van der Waals surface area contributed by atoms with Crippen LogP contribution in [0.4, 0.5) is 0 Å². The van der Waals surface area contributed by atoms with E-state index in [2.05, 4.69) is 18.7 Å². The number of hydrogen-bond donors (Lipinski definition) is 0. The summed E-state index contributed by atoms with van der Waals surface area (Å²) in [6, 6.07) is 0. The van der Waals surface area contributed by atoms with Crippen molar-refractivity contribution in [2.24, 2.45) is 0 Å². The largest absolute Gasteiger partial charge is 0.356 e. The van der Waals surface area contributed by atoms with Crippen molar-refractivity contribution in [3.63, 3.8) is 0 Å². The van der Waals surface area contributed by atoms with Crippen molar-refractivity contribution < 1.29 is 18.9 Å². The first-order valence-electron chi connectivity index (χ1n) is 10.3. The molecule has 0 aromatic rings. The highest BCUT2D eigenvalue weighted by molar-refractivity contribution is 7.99. The highest BCUT2D eigenvalue weighted by atomic mass is 32.2. The molecule has 0 radical (unpaired) electrons. The molecular formula is C20H40O4S. The Hall–Kier alpha value is 0.190. The average molecular weight is 377 g/mol. The Morgan fingerprint density at radius 3 is 2.40 bits per heavy atom. The van der Waals surface area contributed by atoms with Gasteiger partial charge in [0.25, 0.3) is 0 Å². The van der Waals surface area contributed by atoms with Crippen LogP contribution in [0.1, 0.15) is 77.6 Å². The first kappa shape index (κ1) is 23.2. The zero-order valence-electron chi connectivity index (χ0n) is 16.5. The Balaban J connectivity index is 1.73. The van der Waals surface area contributed by atoms with Gasteiger partial charge in [0.2, 0.25) is 0 Å². The third-order valence-corrected chi connectivity index (χ3v) is 5.55. The van der Waals surface area contributed by atoms with Crippen LogP contribution in [0, 0.1) is 0 Å². The Kier molecular flexibility index (Phi) is 16.4. The van der Waals surface area contributed by atoms with Crippen molar-refractivity contribution >= 4 is 11.8 Å². The molecule has 2 atom stereocenters. The minimum atomic E-state index is -0.00645. The van der Waals surface area contributed by atoms with E-state index in [1.165, 1.54) is 50.0 Å². The van der Waals surface area contributed by atoms with Crippen molar-refractivity contribution in [2.45, 2.75) is 90.1 Å². The monoisotopic (exact) mass is 376 g/mol. The number of rotatable bonds is 17. The summed E-state index contributed by atoms with van der Waals surface area (Å²) in [6.45, 7) is 4.72. The van der Waals surface area contributed by atoms with Gasteiger partial charge in [-0.1, -0.05) is 26.2 Å². The van der Waals surface area contributed by atoms with E-state index in [0.717, 1.165) is 51.9 Å². The molecule has 0 bridgehead atoms. The maximum atomic E-state index is 5.76. The van der Waals surface area contributed by atoms with Crippen LogP contribution in [0.25, 0.3) is 0 Å². The number of hydrogen-bond acceptors (Lipinski definition) is 5. The van der Waals surface area contributed by atoms with Gasteiger partial charge in [-0.15, -0.1) is 0 Å². The van der Waals surface area contributed by atoms with E-state index in [4.69, 9.17) is 18.9 Å². The molecule has 0 saturated carbocycles. The SMILES string of the molecule is CCCC(OC)OCCCCCSCCCCCOC1CCCCO1. The fraction of sp³-hybridized carbons (Fsp3) is 1.00. The van der Waals surface area contributed by atoms with Gasteiger partial charge >= 0.3 is 0 Å². The van der Waals surface area contributed by atoms with Crippen LogP contribution in [-0.2, 0) is 18.9 Å². The molecule has 0 aromatic carbocycles. The summed E-state index contributed by atoms with van der Waals surface area (Å²) in [7, 11) is 1.73. The molecule has 25 heavy (non-hydrogen) atoms. The molecule has 0 amide bonds. The molecule has 150 valence electrons.